The second-order valence-electron chi connectivity index (χ2n) is 3.73. The van der Waals surface area contributed by atoms with Gasteiger partial charge in [0.2, 0.25) is 5.91 Å². The lowest BCUT2D eigenvalue weighted by Crippen LogP contribution is -2.22. The molecule has 0 spiro atoms. The first-order valence-corrected chi connectivity index (χ1v) is 4.79. The van der Waals surface area contributed by atoms with E-state index in [1.54, 1.807) is 0 Å². The van der Waals surface area contributed by atoms with E-state index in [9.17, 15) is 4.79 Å². The lowest BCUT2D eigenvalue weighted by Gasteiger charge is -2.20. The zero-order chi connectivity index (χ0) is 10.1. The molecule has 1 heterocycles. The topological polar surface area (TPSA) is 46.3 Å². The van der Waals surface area contributed by atoms with Crippen LogP contribution in [0.2, 0.25) is 0 Å². The second kappa shape index (κ2) is 3.33. The molecule has 1 aliphatic rings. The van der Waals surface area contributed by atoms with Gasteiger partial charge < -0.3 is 10.6 Å². The number of anilines is 1. The fourth-order valence-electron chi connectivity index (χ4n) is 1.91. The first-order chi connectivity index (χ1) is 6.68. The molecule has 0 bridgehead atoms. The lowest BCUT2D eigenvalue weighted by atomic mass is 10.0. The third kappa shape index (κ3) is 1.45. The van der Waals surface area contributed by atoms with E-state index in [1.807, 2.05) is 36.2 Å². The second-order valence-corrected chi connectivity index (χ2v) is 3.73. The third-order valence-corrected chi connectivity index (χ3v) is 2.81. The molecule has 74 valence electrons. The van der Waals surface area contributed by atoms with Gasteiger partial charge in [0, 0.05) is 19.2 Å². The normalized spacial score (nSPS) is 21.6. The number of carbonyl (C=O) groups is 1. The van der Waals surface area contributed by atoms with Crippen LogP contribution in [0.3, 0.4) is 0 Å². The van der Waals surface area contributed by atoms with E-state index < -0.39 is 0 Å². The van der Waals surface area contributed by atoms with Crippen LogP contribution in [0, 0.1) is 0 Å². The maximum atomic E-state index is 11.3. The number of rotatable bonds is 1. The van der Waals surface area contributed by atoms with Gasteiger partial charge in [0.1, 0.15) is 0 Å². The van der Waals surface area contributed by atoms with Crippen LogP contribution in [0.15, 0.2) is 24.3 Å². The van der Waals surface area contributed by atoms with Crippen molar-refractivity contribution in [1.29, 1.82) is 0 Å². The minimum absolute atomic E-state index is 0.229. The molecule has 1 aromatic rings. The summed E-state index contributed by atoms with van der Waals surface area (Å²) in [6, 6.07) is 7.99. The van der Waals surface area contributed by atoms with Gasteiger partial charge in [-0.05, 0) is 24.1 Å². The van der Waals surface area contributed by atoms with Gasteiger partial charge in [-0.25, -0.2) is 0 Å². The number of amides is 1. The molecule has 1 aliphatic heterocycles. The molecule has 0 aromatic heterocycles. The molecule has 2 N–H and O–H groups in total. The predicted octanol–water partition coefficient (Wildman–Crippen LogP) is 1.56. The van der Waals surface area contributed by atoms with Crippen LogP contribution in [0.4, 0.5) is 5.69 Å². The Bertz CT molecular complexity index is 345. The summed E-state index contributed by atoms with van der Waals surface area (Å²) in [5.74, 6) is 0.229. The molecular formula is C11H14N2O. The van der Waals surface area contributed by atoms with Gasteiger partial charge in [-0.3, -0.25) is 4.79 Å². The molecular weight excluding hydrogens is 176 g/mol. The maximum Gasteiger partial charge on any atom is 0.222 e. The molecule has 1 amide bonds. The summed E-state index contributed by atoms with van der Waals surface area (Å²) in [6.07, 6.45) is 1.57. The summed E-state index contributed by atoms with van der Waals surface area (Å²) in [4.78, 5) is 13.1. The molecule has 2 rings (SSSR count). The van der Waals surface area contributed by atoms with Gasteiger partial charge in [0.15, 0.2) is 0 Å². The van der Waals surface area contributed by atoms with E-state index in [0.29, 0.717) is 6.42 Å². The molecule has 1 fully saturated rings. The Morgan fingerprint density at radius 3 is 2.50 bits per heavy atom. The first kappa shape index (κ1) is 9.06. The van der Waals surface area contributed by atoms with Crippen LogP contribution in [-0.4, -0.2) is 17.9 Å². The molecule has 0 unspecified atom stereocenters. The highest BCUT2D eigenvalue weighted by Crippen LogP contribution is 2.31. The SMILES string of the molecule is CN1C(=O)CC[C@H]1c1ccc(N)cc1. The highest BCUT2D eigenvalue weighted by atomic mass is 16.2. The van der Waals surface area contributed by atoms with Gasteiger partial charge >= 0.3 is 0 Å². The van der Waals surface area contributed by atoms with Crippen LogP contribution in [-0.2, 0) is 4.79 Å². The number of nitrogens with two attached hydrogens (primary N) is 1. The summed E-state index contributed by atoms with van der Waals surface area (Å²) in [5.41, 5.74) is 7.54. The van der Waals surface area contributed by atoms with Crippen LogP contribution < -0.4 is 5.73 Å². The van der Waals surface area contributed by atoms with Gasteiger partial charge in [-0.2, -0.15) is 0 Å². The van der Waals surface area contributed by atoms with Crippen molar-refractivity contribution >= 4 is 11.6 Å². The van der Waals surface area contributed by atoms with Crippen molar-refractivity contribution in [3.63, 3.8) is 0 Å². The summed E-state index contributed by atoms with van der Waals surface area (Å²) in [6.45, 7) is 0. The van der Waals surface area contributed by atoms with Crippen LogP contribution in [0.25, 0.3) is 0 Å². The van der Waals surface area contributed by atoms with Crippen LogP contribution in [0.5, 0.6) is 0 Å². The zero-order valence-corrected chi connectivity index (χ0v) is 8.23. The van der Waals surface area contributed by atoms with E-state index in [2.05, 4.69) is 0 Å². The summed E-state index contributed by atoms with van der Waals surface area (Å²) >= 11 is 0. The fourth-order valence-corrected chi connectivity index (χ4v) is 1.91. The highest BCUT2D eigenvalue weighted by molar-refractivity contribution is 5.78. The van der Waals surface area contributed by atoms with Gasteiger partial charge in [-0.1, -0.05) is 12.1 Å². The highest BCUT2D eigenvalue weighted by Gasteiger charge is 2.28. The predicted molar refractivity (Wildman–Crippen MR) is 55.6 cm³/mol. The lowest BCUT2D eigenvalue weighted by molar-refractivity contribution is -0.127. The van der Waals surface area contributed by atoms with Crippen molar-refractivity contribution in [3.8, 4) is 0 Å². The number of benzene rings is 1. The smallest absolute Gasteiger partial charge is 0.222 e. The monoisotopic (exact) mass is 190 g/mol. The Morgan fingerprint density at radius 2 is 2.00 bits per heavy atom. The summed E-state index contributed by atoms with van der Waals surface area (Å²) < 4.78 is 0. The molecule has 0 aliphatic carbocycles. The van der Waals surface area contributed by atoms with E-state index >= 15 is 0 Å². The maximum absolute atomic E-state index is 11.3. The number of hydrogen-bond donors (Lipinski definition) is 1. The fraction of sp³-hybridized carbons (Fsp3) is 0.364. The van der Waals surface area contributed by atoms with Crippen molar-refractivity contribution in [2.45, 2.75) is 18.9 Å². The van der Waals surface area contributed by atoms with E-state index in [-0.39, 0.29) is 11.9 Å². The average Bonchev–Trinajstić information content (AvgIpc) is 2.50. The number of carbonyl (C=O) groups excluding carboxylic acids is 1. The van der Waals surface area contributed by atoms with Gasteiger partial charge in [0.05, 0.1) is 6.04 Å². The van der Waals surface area contributed by atoms with Crippen molar-refractivity contribution < 1.29 is 4.79 Å². The largest absolute Gasteiger partial charge is 0.399 e. The van der Waals surface area contributed by atoms with E-state index in [0.717, 1.165) is 12.1 Å². The first-order valence-electron chi connectivity index (χ1n) is 4.79. The Hall–Kier alpha value is -1.51. The molecule has 1 atom stereocenters. The Morgan fingerprint density at radius 1 is 1.36 bits per heavy atom. The van der Waals surface area contributed by atoms with E-state index in [4.69, 9.17) is 5.73 Å². The Kier molecular flexibility index (Phi) is 2.15. The quantitative estimate of drug-likeness (QED) is 0.683. The van der Waals surface area contributed by atoms with Gasteiger partial charge in [0.25, 0.3) is 0 Å². The molecule has 0 saturated carbocycles. The molecule has 3 heteroatoms. The average molecular weight is 190 g/mol. The van der Waals surface area contributed by atoms with Crippen molar-refractivity contribution in [1.82, 2.24) is 4.90 Å². The molecule has 0 radical (unpaired) electrons. The number of likely N-dealkylation sites (tertiary alicyclic amines) is 1. The summed E-state index contributed by atoms with van der Waals surface area (Å²) in [7, 11) is 1.86. The molecule has 14 heavy (non-hydrogen) atoms. The Balaban J connectivity index is 2.23. The number of nitrogen functional groups attached to an aromatic ring is 1. The van der Waals surface area contributed by atoms with Crippen molar-refractivity contribution in [3.05, 3.63) is 29.8 Å². The Labute approximate surface area is 83.5 Å². The standard InChI is InChI=1S/C11H14N2O/c1-13-10(6-7-11(13)14)8-2-4-9(12)5-3-8/h2-5,10H,6-7,12H2,1H3/t10-/m0/s1. The minimum atomic E-state index is 0.229. The number of nitrogens with zero attached hydrogens (tertiary/aromatic N) is 1. The zero-order valence-electron chi connectivity index (χ0n) is 8.23. The molecule has 1 aromatic carbocycles. The minimum Gasteiger partial charge on any atom is -0.399 e. The van der Waals surface area contributed by atoms with Crippen molar-refractivity contribution in [2.24, 2.45) is 0 Å². The summed E-state index contributed by atoms with van der Waals surface area (Å²) in [5, 5.41) is 0. The number of hydrogen-bond acceptors (Lipinski definition) is 2. The van der Waals surface area contributed by atoms with E-state index in [1.165, 1.54) is 5.56 Å². The van der Waals surface area contributed by atoms with Crippen LogP contribution >= 0.6 is 0 Å². The van der Waals surface area contributed by atoms with Crippen molar-refractivity contribution in [2.75, 3.05) is 12.8 Å². The third-order valence-electron chi connectivity index (χ3n) is 2.81. The van der Waals surface area contributed by atoms with Gasteiger partial charge in [-0.15, -0.1) is 0 Å². The van der Waals surface area contributed by atoms with Crippen LogP contribution in [0.1, 0.15) is 24.4 Å². The molecule has 1 saturated heterocycles. The molecule has 3 nitrogen and oxygen atoms in total.